The summed E-state index contributed by atoms with van der Waals surface area (Å²) in [6.45, 7) is 3.27. The molecule has 12 heavy (non-hydrogen) atoms. The summed E-state index contributed by atoms with van der Waals surface area (Å²) < 4.78 is 5.03. The van der Waals surface area contributed by atoms with Crippen LogP contribution in [0, 0.1) is 13.8 Å². The molecule has 0 aliphatic rings. The minimum Gasteiger partial charge on any atom is -0.466 e. The Bertz CT molecular complexity index is 338. The molecule has 0 bridgehead atoms. The van der Waals surface area contributed by atoms with Crippen LogP contribution in [0.4, 0.5) is 0 Å². The number of ketones is 1. The first-order valence-corrected chi connectivity index (χ1v) is 3.39. The van der Waals surface area contributed by atoms with Crippen LogP contribution in [-0.2, 0) is 4.79 Å². The van der Waals surface area contributed by atoms with Crippen molar-refractivity contribution in [2.24, 2.45) is 0 Å². The van der Waals surface area contributed by atoms with Crippen LogP contribution < -0.4 is 5.73 Å². The van der Waals surface area contributed by atoms with Crippen LogP contribution in [0.25, 0.3) is 0 Å². The van der Waals surface area contributed by atoms with E-state index in [0.29, 0.717) is 11.5 Å². The van der Waals surface area contributed by atoms with Gasteiger partial charge in [0.15, 0.2) is 0 Å². The molecule has 4 heteroatoms. The van der Waals surface area contributed by atoms with Crippen LogP contribution in [0.3, 0.4) is 0 Å². The molecule has 0 unspecified atom stereocenters. The lowest BCUT2D eigenvalue weighted by molar-refractivity contribution is -0.114. The first-order valence-electron chi connectivity index (χ1n) is 3.39. The van der Waals surface area contributed by atoms with Crippen molar-refractivity contribution in [3.8, 4) is 0 Å². The molecule has 1 N–H and O–H groups in total. The Labute approximate surface area is 69.3 Å². The number of Topliss-reactive ketones (excluding diaryl/α,β-unsaturated/α-hetero) is 1. The Morgan fingerprint density at radius 2 is 2.00 bits per heavy atom. The van der Waals surface area contributed by atoms with Gasteiger partial charge in [-0.3, -0.25) is 15.3 Å². The van der Waals surface area contributed by atoms with E-state index in [4.69, 9.17) is 10.2 Å². The molecule has 0 fully saturated rings. The van der Waals surface area contributed by atoms with Crippen molar-refractivity contribution in [1.82, 2.24) is 5.73 Å². The number of carbonyl (C=O) groups excluding carboxylic acids is 2. The largest absolute Gasteiger partial charge is 0.466 e. The van der Waals surface area contributed by atoms with Gasteiger partial charge in [0.25, 0.3) is 5.78 Å². The third kappa shape index (κ3) is 1.37. The van der Waals surface area contributed by atoms with Crippen molar-refractivity contribution < 1.29 is 14.0 Å². The standard InChI is InChI=1S/C8H8NO3/c1-4-3-6(5(2)12-4)7(10)8(9)11/h3,9H,1-2H3. The first kappa shape index (κ1) is 8.52. The van der Waals surface area contributed by atoms with E-state index in [9.17, 15) is 9.59 Å². The van der Waals surface area contributed by atoms with Gasteiger partial charge >= 0.3 is 5.91 Å². The number of furan rings is 1. The van der Waals surface area contributed by atoms with Crippen molar-refractivity contribution in [1.29, 1.82) is 0 Å². The van der Waals surface area contributed by atoms with E-state index in [0.717, 1.165) is 0 Å². The van der Waals surface area contributed by atoms with Gasteiger partial charge in [-0.05, 0) is 19.9 Å². The van der Waals surface area contributed by atoms with Crippen molar-refractivity contribution in [3.63, 3.8) is 0 Å². The van der Waals surface area contributed by atoms with Crippen molar-refractivity contribution in [2.75, 3.05) is 0 Å². The second kappa shape index (κ2) is 2.81. The van der Waals surface area contributed by atoms with Crippen LogP contribution in [-0.4, -0.2) is 11.7 Å². The number of rotatable bonds is 2. The lowest BCUT2D eigenvalue weighted by atomic mass is 10.1. The number of nitrogens with one attached hydrogen (secondary N) is 1. The van der Waals surface area contributed by atoms with Crippen LogP contribution in [0.2, 0.25) is 0 Å². The smallest absolute Gasteiger partial charge is 0.310 e. The van der Waals surface area contributed by atoms with Gasteiger partial charge in [0.1, 0.15) is 11.5 Å². The average molecular weight is 166 g/mol. The van der Waals surface area contributed by atoms with Gasteiger partial charge < -0.3 is 4.42 Å². The summed E-state index contributed by atoms with van der Waals surface area (Å²) in [4.78, 5) is 21.4. The lowest BCUT2D eigenvalue weighted by Crippen LogP contribution is -2.14. The fourth-order valence-electron chi connectivity index (χ4n) is 0.979. The quantitative estimate of drug-likeness (QED) is 0.483. The summed E-state index contributed by atoms with van der Waals surface area (Å²) in [6.07, 6.45) is 0. The summed E-state index contributed by atoms with van der Waals surface area (Å²) in [5.74, 6) is -1.07. The first-order chi connectivity index (χ1) is 5.52. The molecule has 4 nitrogen and oxygen atoms in total. The number of amides is 1. The third-order valence-corrected chi connectivity index (χ3v) is 1.49. The highest BCUT2D eigenvalue weighted by molar-refractivity contribution is 6.42. The Balaban J connectivity index is 3.11. The number of hydrogen-bond acceptors (Lipinski definition) is 3. The van der Waals surface area contributed by atoms with Gasteiger partial charge in [-0.1, -0.05) is 0 Å². The maximum Gasteiger partial charge on any atom is 0.310 e. The zero-order chi connectivity index (χ0) is 9.30. The molecule has 1 heterocycles. The Morgan fingerprint density at radius 3 is 2.33 bits per heavy atom. The van der Waals surface area contributed by atoms with E-state index >= 15 is 0 Å². The fraction of sp³-hybridized carbons (Fsp3) is 0.250. The molecule has 0 aliphatic heterocycles. The fourth-order valence-corrected chi connectivity index (χ4v) is 0.979. The monoisotopic (exact) mass is 166 g/mol. The van der Waals surface area contributed by atoms with E-state index in [2.05, 4.69) is 0 Å². The molecule has 1 rings (SSSR count). The maximum absolute atomic E-state index is 11.0. The Morgan fingerprint density at radius 1 is 1.42 bits per heavy atom. The van der Waals surface area contributed by atoms with Gasteiger partial charge in [-0.15, -0.1) is 0 Å². The van der Waals surface area contributed by atoms with E-state index < -0.39 is 11.7 Å². The maximum atomic E-state index is 11.0. The van der Waals surface area contributed by atoms with Crippen molar-refractivity contribution in [2.45, 2.75) is 13.8 Å². The van der Waals surface area contributed by atoms with Crippen LogP contribution in [0.1, 0.15) is 21.9 Å². The van der Waals surface area contributed by atoms with Crippen LogP contribution >= 0.6 is 0 Å². The minimum atomic E-state index is -1.21. The van der Waals surface area contributed by atoms with E-state index in [1.807, 2.05) is 0 Å². The highest BCUT2D eigenvalue weighted by Gasteiger charge is 2.18. The SMILES string of the molecule is Cc1cc(C(=O)C([NH])=O)c(C)o1. The van der Waals surface area contributed by atoms with E-state index in [1.165, 1.54) is 6.07 Å². The zero-order valence-corrected chi connectivity index (χ0v) is 6.80. The molecule has 0 saturated carbocycles. The van der Waals surface area contributed by atoms with Crippen LogP contribution in [0.15, 0.2) is 10.5 Å². The molecule has 0 atom stereocenters. The van der Waals surface area contributed by atoms with Gasteiger partial charge in [-0.2, -0.15) is 0 Å². The second-order valence-electron chi connectivity index (χ2n) is 2.49. The topological polar surface area (TPSA) is 71.1 Å². The molecule has 0 saturated heterocycles. The molecular formula is C8H8NO3. The number of aryl methyl sites for hydroxylation is 2. The van der Waals surface area contributed by atoms with Crippen molar-refractivity contribution in [3.05, 3.63) is 23.2 Å². The molecule has 63 valence electrons. The normalized spacial score (nSPS) is 9.83. The predicted octanol–water partition coefficient (Wildman–Crippen LogP) is 0.889. The lowest BCUT2D eigenvalue weighted by Gasteiger charge is -1.89. The summed E-state index contributed by atoms with van der Waals surface area (Å²) in [7, 11) is 0. The van der Waals surface area contributed by atoms with Crippen molar-refractivity contribution >= 4 is 11.7 Å². The summed E-state index contributed by atoms with van der Waals surface area (Å²) >= 11 is 0. The highest BCUT2D eigenvalue weighted by atomic mass is 16.3. The summed E-state index contributed by atoms with van der Waals surface area (Å²) in [6, 6.07) is 1.46. The molecule has 0 spiro atoms. The molecule has 1 aromatic rings. The van der Waals surface area contributed by atoms with Gasteiger partial charge in [0.05, 0.1) is 5.56 Å². The molecular weight excluding hydrogens is 158 g/mol. The molecule has 0 aromatic carbocycles. The Hall–Kier alpha value is -1.58. The van der Waals surface area contributed by atoms with E-state index in [-0.39, 0.29) is 5.56 Å². The van der Waals surface area contributed by atoms with Gasteiger partial charge in [0.2, 0.25) is 0 Å². The van der Waals surface area contributed by atoms with E-state index in [1.54, 1.807) is 13.8 Å². The molecule has 0 aliphatic carbocycles. The highest BCUT2D eigenvalue weighted by Crippen LogP contribution is 2.13. The third-order valence-electron chi connectivity index (χ3n) is 1.49. The zero-order valence-electron chi connectivity index (χ0n) is 6.80. The van der Waals surface area contributed by atoms with Gasteiger partial charge in [0, 0.05) is 0 Å². The molecule has 1 radical (unpaired) electrons. The number of hydrogen-bond donors (Lipinski definition) is 0. The predicted molar refractivity (Wildman–Crippen MR) is 40.6 cm³/mol. The van der Waals surface area contributed by atoms with Crippen LogP contribution in [0.5, 0.6) is 0 Å². The molecule has 1 amide bonds. The van der Waals surface area contributed by atoms with Gasteiger partial charge in [-0.25, -0.2) is 0 Å². The average Bonchev–Trinajstić information content (AvgIpc) is 2.28. The summed E-state index contributed by atoms with van der Waals surface area (Å²) in [5, 5.41) is 0. The number of carbonyl (C=O) groups is 2. The Kier molecular flexibility index (Phi) is 1.99. The minimum absolute atomic E-state index is 0.188. The second-order valence-corrected chi connectivity index (χ2v) is 2.49. The summed E-state index contributed by atoms with van der Waals surface area (Å²) in [5.41, 5.74) is 6.78. The molecule has 1 aromatic heterocycles.